The van der Waals surface area contributed by atoms with Crippen molar-refractivity contribution in [3.8, 4) is 0 Å². The van der Waals surface area contributed by atoms with Crippen LogP contribution in [0.3, 0.4) is 0 Å². The van der Waals surface area contributed by atoms with Crippen LogP contribution in [0, 0.1) is 6.41 Å². The van der Waals surface area contributed by atoms with Crippen LogP contribution in [0.15, 0.2) is 59.0 Å². The summed E-state index contributed by atoms with van der Waals surface area (Å²) in [6, 6.07) is 10.2. The van der Waals surface area contributed by atoms with Crippen molar-refractivity contribution >= 4 is 23.0 Å². The first-order valence-corrected chi connectivity index (χ1v) is 7.89. The Hall–Kier alpha value is -1.90. The molecule has 129 valence electrons. The number of alkyl halides is 3. The van der Waals surface area contributed by atoms with E-state index in [0.29, 0.717) is 10.4 Å². The van der Waals surface area contributed by atoms with E-state index in [2.05, 4.69) is 5.10 Å². The second-order valence-corrected chi connectivity index (χ2v) is 6.03. The molecular formula is C16H10F3N2O2SV-. The van der Waals surface area contributed by atoms with E-state index in [4.69, 9.17) is 9.47 Å². The van der Waals surface area contributed by atoms with Crippen molar-refractivity contribution in [2.75, 3.05) is 0 Å². The fourth-order valence-corrected chi connectivity index (χ4v) is 3.04. The van der Waals surface area contributed by atoms with Gasteiger partial charge in [-0.2, -0.15) is 18.3 Å². The van der Waals surface area contributed by atoms with Gasteiger partial charge in [0.15, 0.2) is 0 Å². The van der Waals surface area contributed by atoms with E-state index in [9.17, 15) is 13.2 Å². The summed E-state index contributed by atoms with van der Waals surface area (Å²) in [7, 11) is 0. The molecule has 1 unspecified atom stereocenters. The third kappa shape index (κ3) is 3.42. The summed E-state index contributed by atoms with van der Waals surface area (Å²) in [5, 5.41) is 6.43. The van der Waals surface area contributed by atoms with Gasteiger partial charge in [0.2, 0.25) is 5.90 Å². The molecule has 0 amide bonds. The monoisotopic (exact) mass is 402 g/mol. The van der Waals surface area contributed by atoms with Crippen molar-refractivity contribution in [3.05, 3.63) is 70.8 Å². The second kappa shape index (κ2) is 6.78. The Kier molecular flexibility index (Phi) is 4.86. The number of ether oxygens (including phenoxy) is 2. The number of rotatable bonds is 2. The molecule has 25 heavy (non-hydrogen) atoms. The van der Waals surface area contributed by atoms with Gasteiger partial charge >= 0.3 is 6.18 Å². The summed E-state index contributed by atoms with van der Waals surface area (Å²) in [6.45, 7) is 0. The van der Waals surface area contributed by atoms with Crippen molar-refractivity contribution in [1.29, 1.82) is 0 Å². The predicted octanol–water partition coefficient (Wildman–Crippen LogP) is 4.19. The maximum Gasteiger partial charge on any atom is 0.411 e. The van der Waals surface area contributed by atoms with Crippen LogP contribution in [0.2, 0.25) is 0 Å². The molecule has 4 rings (SSSR count). The first-order chi connectivity index (χ1) is 11.5. The smallest absolute Gasteiger partial charge is 0.411 e. The average molecular weight is 402 g/mol. The number of fused-ring (bicyclic) bond motifs is 1. The summed E-state index contributed by atoms with van der Waals surface area (Å²) in [5.74, 6) is 0.184. The third-order valence-corrected chi connectivity index (χ3v) is 4.34. The van der Waals surface area contributed by atoms with Gasteiger partial charge in [0, 0.05) is 24.1 Å². The van der Waals surface area contributed by atoms with Crippen molar-refractivity contribution in [2.45, 2.75) is 12.2 Å². The van der Waals surface area contributed by atoms with Crippen LogP contribution in [0.25, 0.3) is 5.76 Å². The van der Waals surface area contributed by atoms with Crippen LogP contribution in [0.1, 0.15) is 10.4 Å². The molecule has 0 bridgehead atoms. The Bertz CT molecular complexity index is 793. The molecule has 1 radical (unpaired) electrons. The molecular weight excluding hydrogens is 392 g/mol. The molecule has 0 saturated carbocycles. The van der Waals surface area contributed by atoms with E-state index < -0.39 is 12.2 Å². The van der Waals surface area contributed by atoms with E-state index in [1.165, 1.54) is 11.3 Å². The number of thiophene rings is 1. The van der Waals surface area contributed by atoms with Crippen LogP contribution in [0.5, 0.6) is 0 Å². The van der Waals surface area contributed by atoms with E-state index >= 15 is 0 Å². The zero-order valence-electron chi connectivity index (χ0n) is 12.5. The van der Waals surface area contributed by atoms with Crippen LogP contribution >= 0.6 is 11.3 Å². The molecule has 0 saturated heterocycles. The molecule has 3 heterocycles. The summed E-state index contributed by atoms with van der Waals surface area (Å²) in [5.41, 5.74) is 0.571. The van der Waals surface area contributed by atoms with Gasteiger partial charge < -0.3 is 14.5 Å². The number of halogens is 3. The van der Waals surface area contributed by atoms with Gasteiger partial charge in [-0.15, -0.1) is 11.3 Å². The maximum absolute atomic E-state index is 13.4. The van der Waals surface area contributed by atoms with Gasteiger partial charge in [-0.05, 0) is 29.7 Å². The molecule has 1 aromatic carbocycles. The minimum Gasteiger partial charge on any atom is -0.600 e. The number of hydrogen-bond acceptors (Lipinski definition) is 5. The fourth-order valence-electron chi connectivity index (χ4n) is 2.36. The van der Waals surface area contributed by atoms with Crippen LogP contribution < -0.4 is 0 Å². The predicted molar refractivity (Wildman–Crippen MR) is 82.4 cm³/mol. The SMILES string of the molecule is FC(F)(F)C1C=C(c2cccs2)O[C-]2OC(c3ccccc3)=NN21.[V]. The molecule has 1 atom stereocenters. The molecule has 0 spiro atoms. The van der Waals surface area contributed by atoms with E-state index in [-0.39, 0.29) is 36.6 Å². The molecule has 1 aromatic heterocycles. The third-order valence-electron chi connectivity index (χ3n) is 3.46. The van der Waals surface area contributed by atoms with Gasteiger partial charge in [-0.1, -0.05) is 24.3 Å². The molecule has 0 fully saturated rings. The molecule has 2 aliphatic heterocycles. The topological polar surface area (TPSA) is 34.1 Å². The molecule has 0 N–H and O–H groups in total. The summed E-state index contributed by atoms with van der Waals surface area (Å²) < 4.78 is 51.3. The summed E-state index contributed by atoms with van der Waals surface area (Å²) in [6.07, 6.45) is -3.80. The van der Waals surface area contributed by atoms with Gasteiger partial charge in [0.1, 0.15) is 18.2 Å². The quantitative estimate of drug-likeness (QED) is 0.707. The standard InChI is InChI=1S/C16H10F3N2O2S.V/c17-16(18,19)13-9-11(12-7-4-8-24-12)22-15-21(13)20-14(23-15)10-5-2-1-3-6-10;/h1-9,13H;/q-1;. The molecule has 2 aliphatic rings. The van der Waals surface area contributed by atoms with E-state index in [1.54, 1.807) is 47.8 Å². The second-order valence-electron chi connectivity index (χ2n) is 5.08. The largest absolute Gasteiger partial charge is 0.600 e. The molecule has 4 nitrogen and oxygen atoms in total. The molecule has 0 aliphatic carbocycles. The minimum absolute atomic E-state index is 0. The summed E-state index contributed by atoms with van der Waals surface area (Å²) in [4.78, 5) is 0.591. The number of nitrogens with zero attached hydrogens (tertiary/aromatic N) is 2. The van der Waals surface area contributed by atoms with Crippen LogP contribution in [-0.4, -0.2) is 23.1 Å². The number of benzene rings is 1. The van der Waals surface area contributed by atoms with Crippen LogP contribution in [-0.2, 0) is 28.0 Å². The van der Waals surface area contributed by atoms with Crippen LogP contribution in [0.4, 0.5) is 13.2 Å². The van der Waals surface area contributed by atoms with E-state index in [1.807, 2.05) is 0 Å². The van der Waals surface area contributed by atoms with Gasteiger partial charge in [0.05, 0.1) is 4.88 Å². The first kappa shape index (κ1) is 17.9. The number of hydrazone groups is 1. The normalized spacial score (nSPS) is 20.0. The molecule has 2 aromatic rings. The van der Waals surface area contributed by atoms with E-state index in [0.717, 1.165) is 11.1 Å². The first-order valence-electron chi connectivity index (χ1n) is 7.01. The zero-order valence-corrected chi connectivity index (χ0v) is 14.7. The molecule has 9 heteroatoms. The van der Waals surface area contributed by atoms with Gasteiger partial charge in [-0.25, -0.2) is 0 Å². The zero-order chi connectivity index (χ0) is 16.7. The average Bonchev–Trinajstić information content (AvgIpc) is 3.23. The Labute approximate surface area is 157 Å². The Balaban J connectivity index is 0.00000182. The Morgan fingerprint density at radius 1 is 1.08 bits per heavy atom. The Morgan fingerprint density at radius 2 is 1.84 bits per heavy atom. The van der Waals surface area contributed by atoms with Gasteiger partial charge in [0.25, 0.3) is 0 Å². The minimum atomic E-state index is -4.52. The number of hydrogen-bond donors (Lipinski definition) is 0. The maximum atomic E-state index is 13.4. The Morgan fingerprint density at radius 3 is 2.48 bits per heavy atom. The van der Waals surface area contributed by atoms with Crippen molar-refractivity contribution in [2.24, 2.45) is 5.10 Å². The summed E-state index contributed by atoms with van der Waals surface area (Å²) >= 11 is 1.29. The van der Waals surface area contributed by atoms with Gasteiger partial charge in [-0.3, -0.25) is 0 Å². The van der Waals surface area contributed by atoms with Crippen molar-refractivity contribution in [3.63, 3.8) is 0 Å². The fraction of sp³-hybridized carbons (Fsp3) is 0.125. The van der Waals surface area contributed by atoms with Crippen molar-refractivity contribution in [1.82, 2.24) is 5.01 Å². The van der Waals surface area contributed by atoms with Crippen molar-refractivity contribution < 1.29 is 41.2 Å².